The summed E-state index contributed by atoms with van der Waals surface area (Å²) < 4.78 is 32.3. The quantitative estimate of drug-likeness (QED) is 0.792. The zero-order valence-corrected chi connectivity index (χ0v) is 15.9. The zero-order chi connectivity index (χ0) is 19.3. The summed E-state index contributed by atoms with van der Waals surface area (Å²) in [5.74, 6) is 0.306. The third-order valence-corrected chi connectivity index (χ3v) is 6.01. The first-order chi connectivity index (χ1) is 13.0. The molecule has 0 atom stereocenters. The van der Waals surface area contributed by atoms with Gasteiger partial charge in [-0.05, 0) is 43.5 Å². The third-order valence-electron chi connectivity index (χ3n) is 4.44. The molecular weight excluding hydrogens is 362 g/mol. The van der Waals surface area contributed by atoms with E-state index < -0.39 is 10.0 Å². The van der Waals surface area contributed by atoms with E-state index in [9.17, 15) is 8.42 Å². The average molecular weight is 383 g/mol. The molecule has 140 valence electrons. The molecule has 0 amide bonds. The van der Waals surface area contributed by atoms with Gasteiger partial charge in [-0.2, -0.15) is 9.57 Å². The van der Waals surface area contributed by atoms with Gasteiger partial charge in [0.05, 0.1) is 0 Å². The fraction of sp³-hybridized carbons (Fsp3) is 0.300. The first-order valence-electron chi connectivity index (χ1n) is 8.74. The summed E-state index contributed by atoms with van der Waals surface area (Å²) in [7, 11) is -3.47. The normalized spacial score (nSPS) is 16.3. The summed E-state index contributed by atoms with van der Waals surface area (Å²) in [6.07, 6.45) is 4.15. The number of benzene rings is 1. The zero-order valence-electron chi connectivity index (χ0n) is 15.1. The molecule has 0 aliphatic carbocycles. The first kappa shape index (κ1) is 19.1. The van der Waals surface area contributed by atoms with E-state index in [-0.39, 0.29) is 6.10 Å². The van der Waals surface area contributed by atoms with Crippen molar-refractivity contribution >= 4 is 16.1 Å². The highest BCUT2D eigenvalue weighted by molar-refractivity contribution is 7.92. The van der Waals surface area contributed by atoms with E-state index in [0.717, 1.165) is 11.1 Å². The predicted octanol–water partition coefficient (Wildman–Crippen LogP) is 3.11. The molecule has 0 bridgehead atoms. The standard InChI is InChI=1S/C20H21N3O3S/c1-16-4-6-17(7-5-16)10-14-27(24,25)23-12-8-19(9-13-23)26-20-18(15-21)3-2-11-22-20/h2-7,10-11,14,19H,8-9,12-13H2,1H3/b14-10+. The summed E-state index contributed by atoms with van der Waals surface area (Å²) in [6, 6.07) is 13.1. The molecule has 0 unspecified atom stereocenters. The van der Waals surface area contributed by atoms with Gasteiger partial charge in [0.15, 0.2) is 0 Å². The Morgan fingerprint density at radius 3 is 2.59 bits per heavy atom. The molecule has 1 aromatic carbocycles. The molecule has 6 nitrogen and oxygen atoms in total. The molecule has 0 saturated carbocycles. The van der Waals surface area contributed by atoms with Gasteiger partial charge in [-0.25, -0.2) is 13.4 Å². The molecular formula is C20H21N3O3S. The Morgan fingerprint density at radius 2 is 1.93 bits per heavy atom. The van der Waals surface area contributed by atoms with Crippen LogP contribution in [0, 0.1) is 18.3 Å². The number of hydrogen-bond donors (Lipinski definition) is 0. The minimum Gasteiger partial charge on any atom is -0.473 e. The van der Waals surface area contributed by atoms with Crippen molar-refractivity contribution in [2.45, 2.75) is 25.9 Å². The van der Waals surface area contributed by atoms with E-state index in [1.165, 1.54) is 9.71 Å². The molecule has 7 heteroatoms. The highest BCUT2D eigenvalue weighted by Crippen LogP contribution is 2.22. The number of hydrogen-bond acceptors (Lipinski definition) is 5. The number of nitrogens with zero attached hydrogens (tertiary/aromatic N) is 3. The highest BCUT2D eigenvalue weighted by atomic mass is 32.2. The lowest BCUT2D eigenvalue weighted by Gasteiger charge is -2.30. The SMILES string of the molecule is Cc1ccc(/C=C/S(=O)(=O)N2CCC(Oc3ncccc3C#N)CC2)cc1. The Kier molecular flexibility index (Phi) is 5.89. The van der Waals surface area contributed by atoms with Crippen LogP contribution in [0.1, 0.15) is 29.5 Å². The lowest BCUT2D eigenvalue weighted by molar-refractivity contribution is 0.130. The van der Waals surface area contributed by atoms with Crippen LogP contribution < -0.4 is 4.74 Å². The Bertz CT molecular complexity index is 955. The van der Waals surface area contributed by atoms with Gasteiger partial charge in [0.1, 0.15) is 17.7 Å². The molecule has 1 aliphatic rings. The fourth-order valence-corrected chi connectivity index (χ4v) is 4.08. The van der Waals surface area contributed by atoms with Crippen molar-refractivity contribution in [1.29, 1.82) is 5.26 Å². The van der Waals surface area contributed by atoms with Gasteiger partial charge in [0, 0.05) is 24.7 Å². The van der Waals surface area contributed by atoms with E-state index in [1.807, 2.05) is 31.2 Å². The van der Waals surface area contributed by atoms with E-state index in [1.54, 1.807) is 24.4 Å². The van der Waals surface area contributed by atoms with Crippen molar-refractivity contribution in [3.05, 3.63) is 64.7 Å². The van der Waals surface area contributed by atoms with Gasteiger partial charge in [-0.1, -0.05) is 29.8 Å². The molecule has 3 rings (SSSR count). The van der Waals surface area contributed by atoms with Crippen LogP contribution in [0.15, 0.2) is 48.0 Å². The van der Waals surface area contributed by atoms with Crippen LogP contribution in [0.2, 0.25) is 0 Å². The van der Waals surface area contributed by atoms with Crippen LogP contribution in [0.3, 0.4) is 0 Å². The number of ether oxygens (including phenoxy) is 1. The molecule has 1 aliphatic heterocycles. The molecule has 0 spiro atoms. The number of sulfonamides is 1. The van der Waals surface area contributed by atoms with E-state index in [0.29, 0.717) is 37.4 Å². The van der Waals surface area contributed by atoms with Crippen molar-refractivity contribution in [2.24, 2.45) is 0 Å². The van der Waals surface area contributed by atoms with Crippen molar-refractivity contribution in [1.82, 2.24) is 9.29 Å². The number of aryl methyl sites for hydroxylation is 1. The number of rotatable bonds is 5. The second-order valence-corrected chi connectivity index (χ2v) is 8.26. The van der Waals surface area contributed by atoms with E-state index >= 15 is 0 Å². The minimum absolute atomic E-state index is 0.153. The van der Waals surface area contributed by atoms with Crippen LogP contribution in [-0.4, -0.2) is 36.9 Å². The molecule has 2 aromatic rings. The second-order valence-electron chi connectivity index (χ2n) is 6.44. The first-order valence-corrected chi connectivity index (χ1v) is 10.2. The maximum absolute atomic E-state index is 12.5. The summed E-state index contributed by atoms with van der Waals surface area (Å²) in [5, 5.41) is 10.4. The topological polar surface area (TPSA) is 83.3 Å². The molecule has 0 N–H and O–H groups in total. The molecule has 1 aromatic heterocycles. The number of pyridine rings is 1. The molecule has 27 heavy (non-hydrogen) atoms. The molecule has 2 heterocycles. The maximum Gasteiger partial charge on any atom is 0.236 e. The lowest BCUT2D eigenvalue weighted by atomic mass is 10.1. The van der Waals surface area contributed by atoms with Crippen LogP contribution in [-0.2, 0) is 10.0 Å². The summed E-state index contributed by atoms with van der Waals surface area (Å²) in [4.78, 5) is 4.09. The maximum atomic E-state index is 12.5. The third kappa shape index (κ3) is 4.94. The predicted molar refractivity (Wildman–Crippen MR) is 103 cm³/mol. The minimum atomic E-state index is -3.47. The summed E-state index contributed by atoms with van der Waals surface area (Å²) in [5.41, 5.74) is 2.36. The average Bonchev–Trinajstić information content (AvgIpc) is 2.68. The van der Waals surface area contributed by atoms with Crippen molar-refractivity contribution in [3.8, 4) is 11.9 Å². The van der Waals surface area contributed by atoms with Gasteiger partial charge < -0.3 is 4.74 Å². The summed E-state index contributed by atoms with van der Waals surface area (Å²) in [6.45, 7) is 2.74. The molecule has 0 radical (unpaired) electrons. The summed E-state index contributed by atoms with van der Waals surface area (Å²) >= 11 is 0. The Morgan fingerprint density at radius 1 is 1.22 bits per heavy atom. The van der Waals surface area contributed by atoms with Gasteiger partial charge in [0.25, 0.3) is 0 Å². The largest absolute Gasteiger partial charge is 0.473 e. The van der Waals surface area contributed by atoms with Crippen molar-refractivity contribution in [2.75, 3.05) is 13.1 Å². The number of nitriles is 1. The smallest absolute Gasteiger partial charge is 0.236 e. The van der Waals surface area contributed by atoms with Crippen molar-refractivity contribution < 1.29 is 13.2 Å². The second kappa shape index (κ2) is 8.33. The molecule has 1 fully saturated rings. The van der Waals surface area contributed by atoms with Gasteiger partial charge in [-0.3, -0.25) is 0 Å². The monoisotopic (exact) mass is 383 g/mol. The van der Waals surface area contributed by atoms with E-state index in [2.05, 4.69) is 11.1 Å². The van der Waals surface area contributed by atoms with E-state index in [4.69, 9.17) is 10.00 Å². The number of aromatic nitrogens is 1. The van der Waals surface area contributed by atoms with Crippen LogP contribution >= 0.6 is 0 Å². The van der Waals surface area contributed by atoms with Crippen LogP contribution in [0.25, 0.3) is 6.08 Å². The lowest BCUT2D eigenvalue weighted by Crippen LogP contribution is -2.41. The Labute approximate surface area is 159 Å². The van der Waals surface area contributed by atoms with Gasteiger partial charge in [-0.15, -0.1) is 0 Å². The van der Waals surface area contributed by atoms with Gasteiger partial charge >= 0.3 is 0 Å². The Hall–Kier alpha value is -2.69. The number of piperidine rings is 1. The Balaban J connectivity index is 1.59. The highest BCUT2D eigenvalue weighted by Gasteiger charge is 2.27. The van der Waals surface area contributed by atoms with Crippen molar-refractivity contribution in [3.63, 3.8) is 0 Å². The van der Waals surface area contributed by atoms with Crippen LogP contribution in [0.5, 0.6) is 5.88 Å². The fourth-order valence-electron chi connectivity index (χ4n) is 2.86. The van der Waals surface area contributed by atoms with Gasteiger partial charge in [0.2, 0.25) is 15.9 Å². The van der Waals surface area contributed by atoms with Crippen LogP contribution in [0.4, 0.5) is 0 Å². The molecule has 1 saturated heterocycles.